The van der Waals surface area contributed by atoms with Gasteiger partial charge in [0.1, 0.15) is 48.3 Å². The number of thiol groups is 1. The molecule has 8 atom stereocenters. The third kappa shape index (κ3) is 30.2. The first-order valence-electron chi connectivity index (χ1n) is 28.6. The van der Waals surface area contributed by atoms with Crippen molar-refractivity contribution < 1.29 is 52.7 Å². The third-order valence-electron chi connectivity index (χ3n) is 12.6. The summed E-state index contributed by atoms with van der Waals surface area (Å²) in [4.78, 5) is 159. The zero-order valence-electron chi connectivity index (χ0n) is 50.6. The van der Waals surface area contributed by atoms with E-state index < -0.39 is 120 Å². The number of aromatic nitrogens is 1. The number of carbonyl (C=O) groups excluding carboxylic acids is 11. The summed E-state index contributed by atoms with van der Waals surface area (Å²) in [6.07, 6.45) is 4.12. The molecule has 0 aliphatic carbocycles. The molecule has 488 valence electrons. The highest BCUT2D eigenvalue weighted by atomic mass is 32.1. The van der Waals surface area contributed by atoms with Gasteiger partial charge in [0.15, 0.2) is 17.9 Å². The van der Waals surface area contributed by atoms with Crippen LogP contribution in [0.25, 0.3) is 5.69 Å². The molecule has 11 amide bonds. The average molecular weight is 1260 g/mol. The van der Waals surface area contributed by atoms with E-state index in [4.69, 9.17) is 34.4 Å². The van der Waals surface area contributed by atoms with E-state index in [0.29, 0.717) is 11.3 Å². The highest BCUT2D eigenvalue weighted by molar-refractivity contribution is 7.80. The van der Waals surface area contributed by atoms with Crippen LogP contribution in [0.3, 0.4) is 0 Å². The second-order valence-electron chi connectivity index (χ2n) is 20.7. The van der Waals surface area contributed by atoms with Gasteiger partial charge in [0, 0.05) is 69.0 Å². The van der Waals surface area contributed by atoms with E-state index in [9.17, 15) is 52.7 Å². The summed E-state index contributed by atoms with van der Waals surface area (Å²) in [5.74, 6) is -8.52. The van der Waals surface area contributed by atoms with E-state index in [1.54, 1.807) is 38.1 Å². The molecule has 34 heteroatoms. The number of nitrogens with one attached hydrogen (secondary N) is 12. The van der Waals surface area contributed by atoms with Crippen molar-refractivity contribution in [3.05, 3.63) is 54.4 Å². The summed E-state index contributed by atoms with van der Waals surface area (Å²) in [5, 5.41) is 31.2. The van der Waals surface area contributed by atoms with Gasteiger partial charge in [0.2, 0.25) is 59.1 Å². The molecule has 2 aromatic rings. The zero-order chi connectivity index (χ0) is 65.9. The number of rotatable bonds is 40. The van der Waals surface area contributed by atoms with Gasteiger partial charge in [-0.15, -0.1) is 0 Å². The standard InChI is InChI=1S/C54H90N22O11S/c1-30(2)26-40(74-45(81)33(5)69-42(78)28-66-47(83)37(12-9-19-63-52(55)56)72-48(84)38(13-10-20-64-53(57)58)71-44(80)32(4)68-34(6)77)50(86)73-39(14-11-21-65-54(59)60)49(85)75-41(51(87)70-31(3)43(79)62-22-25-88)27-61-29-67-46(82)35-15-17-36(18-16-35)76-23-7-8-24-76/h7-8,15-18,23-24,30-33,37-41,61,88H,9-14,19-22,25-29H2,1-6H3,(H,62,79)(H,66,83)(H,67,82)(H,68,77)(H,69,78)(H,70,87)(H,71,80)(H,72,84)(H,73,86)(H,74,81)(H,75,85)(H4,55,56,63)(H4,57,58,64)(H4,59,60,65)/t31-,32-,33-,37-,38-,39-,40-,41-/m0/s1. The van der Waals surface area contributed by atoms with Gasteiger partial charge in [-0.1, -0.05) is 13.8 Å². The SMILES string of the molecule is CC(=O)N[C@@H](C)C(=O)N[C@@H](CCCN=C(N)N)C(=O)N[C@@H](CCCN=C(N)N)C(=O)NCC(=O)N[C@@H](C)C(=O)N[C@@H](CC(C)C)C(=O)N[C@@H](CCCN=C(N)N)C(=O)N[C@@H](CNCNC(=O)c1ccc(-n2cccc2)cc1)C(=O)N[C@@H](C)C(=O)NCCS. The lowest BCUT2D eigenvalue weighted by atomic mass is 10.0. The summed E-state index contributed by atoms with van der Waals surface area (Å²) in [5.41, 5.74) is 34.0. The lowest BCUT2D eigenvalue weighted by Crippen LogP contribution is -2.60. The molecular formula is C54H90N22O11S. The van der Waals surface area contributed by atoms with Gasteiger partial charge in [-0.2, -0.15) is 12.6 Å². The van der Waals surface area contributed by atoms with Crippen molar-refractivity contribution in [2.75, 3.05) is 51.7 Å². The second kappa shape index (κ2) is 40.2. The number of hydrogen-bond donors (Lipinski definition) is 19. The molecule has 0 spiro atoms. The molecule has 1 aromatic carbocycles. The number of amides is 11. The van der Waals surface area contributed by atoms with Crippen molar-refractivity contribution in [3.63, 3.8) is 0 Å². The maximum Gasteiger partial charge on any atom is 0.252 e. The molecule has 0 bridgehead atoms. The molecule has 0 saturated carbocycles. The largest absolute Gasteiger partial charge is 0.370 e. The van der Waals surface area contributed by atoms with E-state index in [-0.39, 0.29) is 108 Å². The Bertz CT molecular complexity index is 2720. The summed E-state index contributed by atoms with van der Waals surface area (Å²) in [7, 11) is 0. The molecule has 1 aromatic heterocycles. The molecule has 2 rings (SSSR count). The van der Waals surface area contributed by atoms with Crippen LogP contribution >= 0.6 is 12.6 Å². The smallest absolute Gasteiger partial charge is 0.252 e. The summed E-state index contributed by atoms with van der Waals surface area (Å²) in [6.45, 7) is 8.16. The molecule has 0 radical (unpaired) electrons. The van der Waals surface area contributed by atoms with Crippen LogP contribution < -0.4 is 98.2 Å². The van der Waals surface area contributed by atoms with Crippen molar-refractivity contribution in [3.8, 4) is 5.69 Å². The van der Waals surface area contributed by atoms with Crippen LogP contribution in [0.1, 0.15) is 96.8 Å². The number of guanidine groups is 3. The van der Waals surface area contributed by atoms with Crippen LogP contribution in [-0.2, 0) is 47.9 Å². The molecule has 0 fully saturated rings. The van der Waals surface area contributed by atoms with Crippen molar-refractivity contribution in [1.29, 1.82) is 0 Å². The van der Waals surface area contributed by atoms with E-state index in [2.05, 4.69) is 91.4 Å². The van der Waals surface area contributed by atoms with E-state index in [1.807, 2.05) is 29.1 Å². The van der Waals surface area contributed by atoms with Crippen LogP contribution in [-0.4, -0.2) is 187 Å². The molecule has 1 heterocycles. The minimum atomic E-state index is -1.40. The Hall–Kier alpha value is -9.21. The maximum atomic E-state index is 14.3. The minimum absolute atomic E-state index is 0.000912. The molecule has 24 N–H and O–H groups in total. The number of nitrogens with zero attached hydrogens (tertiary/aromatic N) is 4. The maximum absolute atomic E-state index is 14.3. The number of carbonyl (C=O) groups is 11. The normalized spacial score (nSPS) is 13.5. The molecule has 0 aliphatic rings. The first-order chi connectivity index (χ1) is 41.6. The average Bonchev–Trinajstić information content (AvgIpc) is 4.13. The number of nitrogens with two attached hydrogens (primary N) is 6. The Kier molecular flexibility index (Phi) is 34.2. The molecule has 88 heavy (non-hydrogen) atoms. The summed E-state index contributed by atoms with van der Waals surface area (Å²) in [6, 6.07) is 0.473. The Balaban J connectivity index is 2.29. The Morgan fingerprint density at radius 1 is 0.500 bits per heavy atom. The van der Waals surface area contributed by atoms with E-state index >= 15 is 0 Å². The zero-order valence-corrected chi connectivity index (χ0v) is 51.5. The fourth-order valence-corrected chi connectivity index (χ4v) is 8.24. The van der Waals surface area contributed by atoms with Gasteiger partial charge in [-0.05, 0) is 108 Å². The highest BCUT2D eigenvalue weighted by Crippen LogP contribution is 2.12. The molecule has 0 aliphatic heterocycles. The quantitative estimate of drug-likeness (QED) is 0.00971. The minimum Gasteiger partial charge on any atom is -0.370 e. The lowest BCUT2D eigenvalue weighted by Gasteiger charge is -2.27. The molecular weight excluding hydrogens is 1160 g/mol. The molecule has 0 unspecified atom stereocenters. The van der Waals surface area contributed by atoms with Crippen LogP contribution in [0.15, 0.2) is 63.8 Å². The number of benzene rings is 1. The van der Waals surface area contributed by atoms with Gasteiger partial charge in [0.25, 0.3) is 5.91 Å². The van der Waals surface area contributed by atoms with Crippen LogP contribution in [0, 0.1) is 5.92 Å². The van der Waals surface area contributed by atoms with Crippen LogP contribution in [0.5, 0.6) is 0 Å². The van der Waals surface area contributed by atoms with Crippen molar-refractivity contribution >= 4 is 95.5 Å². The summed E-state index contributed by atoms with van der Waals surface area (Å²) >= 11 is 4.10. The van der Waals surface area contributed by atoms with E-state index in [1.165, 1.54) is 27.7 Å². The first-order valence-corrected chi connectivity index (χ1v) is 29.2. The van der Waals surface area contributed by atoms with Crippen molar-refractivity contribution in [1.82, 2.24) is 68.4 Å². The van der Waals surface area contributed by atoms with E-state index in [0.717, 1.165) is 5.69 Å². The fourth-order valence-electron chi connectivity index (χ4n) is 8.12. The van der Waals surface area contributed by atoms with Crippen molar-refractivity contribution in [2.45, 2.75) is 135 Å². The predicted molar refractivity (Wildman–Crippen MR) is 333 cm³/mol. The Morgan fingerprint density at radius 3 is 1.41 bits per heavy atom. The van der Waals surface area contributed by atoms with Crippen molar-refractivity contribution in [2.24, 2.45) is 55.3 Å². The number of aliphatic imine (C=N–C) groups is 3. The third-order valence-corrected chi connectivity index (χ3v) is 12.9. The van der Waals surface area contributed by atoms with Crippen LogP contribution in [0.2, 0.25) is 0 Å². The molecule has 33 nitrogen and oxygen atoms in total. The lowest BCUT2D eigenvalue weighted by molar-refractivity contribution is -0.135. The highest BCUT2D eigenvalue weighted by Gasteiger charge is 2.33. The Labute approximate surface area is 516 Å². The van der Waals surface area contributed by atoms with Gasteiger partial charge < -0.3 is 97.5 Å². The topological polar surface area (TPSA) is 530 Å². The first kappa shape index (κ1) is 74.9. The summed E-state index contributed by atoms with van der Waals surface area (Å²) < 4.78 is 1.87. The van der Waals surface area contributed by atoms with Gasteiger partial charge >= 0.3 is 0 Å². The van der Waals surface area contributed by atoms with Gasteiger partial charge in [-0.25, -0.2) is 0 Å². The van der Waals surface area contributed by atoms with Crippen LogP contribution in [0.4, 0.5) is 0 Å². The predicted octanol–water partition coefficient (Wildman–Crippen LogP) is -5.92. The van der Waals surface area contributed by atoms with Gasteiger partial charge in [-0.3, -0.25) is 73.0 Å². The molecule has 0 saturated heterocycles. The fraction of sp³-hybridized carbons (Fsp3) is 0.556. The monoisotopic (exact) mass is 1250 g/mol. The second-order valence-corrected chi connectivity index (χ2v) is 21.2. The van der Waals surface area contributed by atoms with Gasteiger partial charge in [0.05, 0.1) is 13.2 Å². The Morgan fingerprint density at radius 2 is 0.932 bits per heavy atom. The number of hydrogen-bond acceptors (Lipinski definition) is 16.